The smallest absolute Gasteiger partial charge is 0.262 e. The summed E-state index contributed by atoms with van der Waals surface area (Å²) >= 11 is 0. The van der Waals surface area contributed by atoms with E-state index in [0.717, 1.165) is 0 Å². The van der Waals surface area contributed by atoms with Gasteiger partial charge in [0.25, 0.3) is 5.91 Å². The molecule has 31 heavy (non-hydrogen) atoms. The SMILES string of the molecule is COCCNC(=O)C(C#N)=Cc1ccc(-c2ccc(S(=O)(=O)N3CCOCC3)cc2)o1. The molecule has 3 rings (SSSR count). The molecule has 0 atom stereocenters. The van der Waals surface area contributed by atoms with Crippen molar-refractivity contribution in [2.45, 2.75) is 4.90 Å². The number of methoxy groups -OCH3 is 1. The van der Waals surface area contributed by atoms with Gasteiger partial charge in [-0.3, -0.25) is 4.79 Å². The molecule has 0 radical (unpaired) electrons. The Hall–Kier alpha value is -2.97. The molecule has 1 aromatic heterocycles. The van der Waals surface area contributed by atoms with E-state index in [4.69, 9.17) is 13.9 Å². The standard InChI is InChI=1S/C21H23N3O6S/c1-28-11-8-23-21(25)17(15-22)14-18-4-7-20(30-18)16-2-5-19(6-3-16)31(26,27)24-9-12-29-13-10-24/h2-7,14H,8-13H2,1H3,(H,23,25). The third-order valence-electron chi connectivity index (χ3n) is 4.62. The molecule has 2 heterocycles. The Kier molecular flexibility index (Phi) is 7.59. The highest BCUT2D eigenvalue weighted by Gasteiger charge is 2.26. The van der Waals surface area contributed by atoms with Crippen molar-refractivity contribution in [3.8, 4) is 17.4 Å². The number of hydrogen-bond acceptors (Lipinski definition) is 7. The lowest BCUT2D eigenvalue weighted by molar-refractivity contribution is -0.117. The van der Waals surface area contributed by atoms with Gasteiger partial charge in [0.2, 0.25) is 10.0 Å². The zero-order chi connectivity index (χ0) is 22.3. The average molecular weight is 445 g/mol. The van der Waals surface area contributed by atoms with E-state index in [1.165, 1.54) is 29.6 Å². The second-order valence-electron chi connectivity index (χ2n) is 6.66. The van der Waals surface area contributed by atoms with Crippen LogP contribution < -0.4 is 5.32 Å². The summed E-state index contributed by atoms with van der Waals surface area (Å²) in [7, 11) is -2.05. The number of nitrogens with zero attached hydrogens (tertiary/aromatic N) is 2. The fourth-order valence-corrected chi connectivity index (χ4v) is 4.37. The Morgan fingerprint density at radius 2 is 1.94 bits per heavy atom. The first kappa shape index (κ1) is 22.7. The summed E-state index contributed by atoms with van der Waals surface area (Å²) in [5, 5.41) is 11.8. The predicted octanol–water partition coefficient (Wildman–Crippen LogP) is 1.64. The molecule has 9 nitrogen and oxygen atoms in total. The number of furan rings is 1. The predicted molar refractivity (Wildman–Crippen MR) is 112 cm³/mol. The molecule has 0 unspecified atom stereocenters. The number of carbonyl (C=O) groups excluding carboxylic acids is 1. The van der Waals surface area contributed by atoms with Crippen LogP contribution in [-0.2, 0) is 24.3 Å². The maximum Gasteiger partial charge on any atom is 0.262 e. The number of rotatable bonds is 8. The summed E-state index contributed by atoms with van der Waals surface area (Å²) in [4.78, 5) is 12.2. The van der Waals surface area contributed by atoms with Gasteiger partial charge < -0.3 is 19.2 Å². The van der Waals surface area contributed by atoms with Crippen LogP contribution in [0, 0.1) is 11.3 Å². The minimum absolute atomic E-state index is 0.0936. The van der Waals surface area contributed by atoms with Crippen molar-refractivity contribution in [3.63, 3.8) is 0 Å². The molecular formula is C21H23N3O6S. The average Bonchev–Trinajstić information content (AvgIpc) is 3.27. The highest BCUT2D eigenvalue weighted by Crippen LogP contribution is 2.26. The van der Waals surface area contributed by atoms with E-state index in [2.05, 4.69) is 5.32 Å². The fourth-order valence-electron chi connectivity index (χ4n) is 2.97. The van der Waals surface area contributed by atoms with E-state index in [9.17, 15) is 18.5 Å². The molecule has 1 aliphatic rings. The van der Waals surface area contributed by atoms with Gasteiger partial charge in [-0.2, -0.15) is 9.57 Å². The van der Waals surface area contributed by atoms with E-state index in [1.54, 1.807) is 24.3 Å². The zero-order valence-corrected chi connectivity index (χ0v) is 17.9. The fraction of sp³-hybridized carbons (Fsp3) is 0.333. The van der Waals surface area contributed by atoms with E-state index < -0.39 is 15.9 Å². The molecule has 1 saturated heterocycles. The lowest BCUT2D eigenvalue weighted by Gasteiger charge is -2.26. The van der Waals surface area contributed by atoms with Crippen molar-refractivity contribution in [1.82, 2.24) is 9.62 Å². The van der Waals surface area contributed by atoms with Gasteiger partial charge in [-0.1, -0.05) is 0 Å². The van der Waals surface area contributed by atoms with Crippen LogP contribution in [0.3, 0.4) is 0 Å². The summed E-state index contributed by atoms with van der Waals surface area (Å²) in [6.45, 7) is 2.06. The normalized spacial score (nSPS) is 15.4. The number of morpholine rings is 1. The van der Waals surface area contributed by atoms with Crippen molar-refractivity contribution >= 4 is 22.0 Å². The third kappa shape index (κ3) is 5.59. The summed E-state index contributed by atoms with van der Waals surface area (Å²) in [5.74, 6) is 0.298. The Morgan fingerprint density at radius 3 is 2.58 bits per heavy atom. The van der Waals surface area contributed by atoms with Gasteiger partial charge in [0, 0.05) is 38.4 Å². The molecule has 1 fully saturated rings. The van der Waals surface area contributed by atoms with E-state index in [1.807, 2.05) is 6.07 Å². The van der Waals surface area contributed by atoms with Crippen molar-refractivity contribution in [2.24, 2.45) is 0 Å². The van der Waals surface area contributed by atoms with Gasteiger partial charge in [0.15, 0.2) is 0 Å². The van der Waals surface area contributed by atoms with Crippen molar-refractivity contribution in [2.75, 3.05) is 46.6 Å². The summed E-state index contributed by atoms with van der Waals surface area (Å²) < 4.78 is 42.6. The van der Waals surface area contributed by atoms with Crippen LogP contribution in [0.5, 0.6) is 0 Å². The summed E-state index contributed by atoms with van der Waals surface area (Å²) in [5.41, 5.74) is 0.576. The van der Waals surface area contributed by atoms with Crippen LogP contribution in [0.2, 0.25) is 0 Å². The Balaban J connectivity index is 1.73. The van der Waals surface area contributed by atoms with Crippen LogP contribution in [0.4, 0.5) is 0 Å². The molecule has 1 N–H and O–H groups in total. The minimum Gasteiger partial charge on any atom is -0.457 e. The Morgan fingerprint density at radius 1 is 1.23 bits per heavy atom. The van der Waals surface area contributed by atoms with Gasteiger partial charge in [0.1, 0.15) is 23.2 Å². The first-order chi connectivity index (χ1) is 15.0. The third-order valence-corrected chi connectivity index (χ3v) is 6.53. The largest absolute Gasteiger partial charge is 0.457 e. The number of hydrogen-bond donors (Lipinski definition) is 1. The molecule has 0 bridgehead atoms. The van der Waals surface area contributed by atoms with E-state index in [-0.39, 0.29) is 17.0 Å². The zero-order valence-electron chi connectivity index (χ0n) is 17.0. The summed E-state index contributed by atoms with van der Waals surface area (Å²) in [6, 6.07) is 11.5. The maximum absolute atomic E-state index is 12.7. The number of nitrogens with one attached hydrogen (secondary N) is 1. The molecule has 2 aromatic rings. The minimum atomic E-state index is -3.57. The molecule has 0 aliphatic carbocycles. The number of nitriles is 1. The highest BCUT2D eigenvalue weighted by atomic mass is 32.2. The number of benzene rings is 1. The van der Waals surface area contributed by atoms with Crippen LogP contribution in [0.25, 0.3) is 17.4 Å². The molecule has 10 heteroatoms. The van der Waals surface area contributed by atoms with Crippen molar-refractivity contribution < 1.29 is 27.1 Å². The first-order valence-corrected chi connectivity index (χ1v) is 11.1. The number of ether oxygens (including phenoxy) is 2. The van der Waals surface area contributed by atoms with Crippen molar-refractivity contribution in [1.29, 1.82) is 5.26 Å². The van der Waals surface area contributed by atoms with E-state index >= 15 is 0 Å². The van der Waals surface area contributed by atoms with Crippen LogP contribution >= 0.6 is 0 Å². The monoisotopic (exact) mass is 445 g/mol. The molecule has 1 amide bonds. The van der Waals surface area contributed by atoms with Crippen LogP contribution in [-0.4, -0.2) is 65.2 Å². The Labute approximate surface area is 180 Å². The molecular weight excluding hydrogens is 422 g/mol. The number of amides is 1. The van der Waals surface area contributed by atoms with Gasteiger partial charge in [-0.15, -0.1) is 0 Å². The second-order valence-corrected chi connectivity index (χ2v) is 8.60. The molecule has 0 saturated carbocycles. The quantitative estimate of drug-likeness (QED) is 0.372. The van der Waals surface area contributed by atoms with Crippen LogP contribution in [0.15, 0.2) is 51.3 Å². The Bertz CT molecular complexity index is 1080. The topological polar surface area (TPSA) is 122 Å². The van der Waals surface area contributed by atoms with Gasteiger partial charge >= 0.3 is 0 Å². The number of carbonyl (C=O) groups is 1. The maximum atomic E-state index is 12.7. The van der Waals surface area contributed by atoms with Gasteiger partial charge in [-0.05, 0) is 36.4 Å². The van der Waals surface area contributed by atoms with E-state index in [0.29, 0.717) is 50.0 Å². The molecule has 164 valence electrons. The lowest BCUT2D eigenvalue weighted by atomic mass is 10.2. The first-order valence-electron chi connectivity index (χ1n) is 9.63. The summed E-state index contributed by atoms with van der Waals surface area (Å²) in [6.07, 6.45) is 1.35. The highest BCUT2D eigenvalue weighted by molar-refractivity contribution is 7.89. The van der Waals surface area contributed by atoms with Gasteiger partial charge in [0.05, 0.1) is 24.7 Å². The number of sulfonamides is 1. The molecule has 0 spiro atoms. The molecule has 1 aromatic carbocycles. The van der Waals surface area contributed by atoms with Gasteiger partial charge in [-0.25, -0.2) is 8.42 Å². The molecule has 1 aliphatic heterocycles. The van der Waals surface area contributed by atoms with Crippen LogP contribution in [0.1, 0.15) is 5.76 Å². The lowest BCUT2D eigenvalue weighted by Crippen LogP contribution is -2.40. The van der Waals surface area contributed by atoms with Crippen molar-refractivity contribution in [3.05, 3.63) is 47.7 Å². The second kappa shape index (κ2) is 10.4.